The van der Waals surface area contributed by atoms with Gasteiger partial charge in [0, 0.05) is 17.6 Å². The van der Waals surface area contributed by atoms with Gasteiger partial charge in [-0.25, -0.2) is 9.36 Å². The van der Waals surface area contributed by atoms with Crippen molar-refractivity contribution < 1.29 is 27.9 Å². The molecule has 4 aromatic rings. The highest BCUT2D eigenvalue weighted by Gasteiger charge is 2.34. The highest BCUT2D eigenvalue weighted by atomic mass is 31.2. The third-order valence-corrected chi connectivity index (χ3v) is 7.87. The van der Waals surface area contributed by atoms with Crippen LogP contribution in [-0.2, 0) is 30.0 Å². The molecule has 0 radical (unpaired) electrons. The maximum Gasteiger partial charge on any atom is 0.459 e. The standard InChI is InChI=1S/C29H28N3O8P/c1-20(28(34)37-18-21-8-3-2-4-9-21)31-41(36,40-25-13-7-11-22-10-5-6-12-24(22)25)38-19-23-14-15-27(39-23)32-17-16-26(33)30-29(32)35/h2-17,20,23,27H,18-19H2,1H3,(H,31,36)(H,30,33,35)/t20-,23-,27+,41?/m0/s1. The zero-order valence-corrected chi connectivity index (χ0v) is 22.9. The van der Waals surface area contributed by atoms with Gasteiger partial charge in [0.2, 0.25) is 0 Å². The van der Waals surface area contributed by atoms with Crippen LogP contribution in [-0.4, -0.2) is 34.3 Å². The highest BCUT2D eigenvalue weighted by molar-refractivity contribution is 7.52. The van der Waals surface area contributed by atoms with Crippen LogP contribution in [0.5, 0.6) is 5.75 Å². The Morgan fingerprint density at radius 1 is 1.02 bits per heavy atom. The maximum atomic E-state index is 14.1. The van der Waals surface area contributed by atoms with Crippen LogP contribution >= 0.6 is 7.75 Å². The van der Waals surface area contributed by atoms with Crippen LogP contribution in [0.1, 0.15) is 18.7 Å². The molecule has 0 aliphatic carbocycles. The second kappa shape index (κ2) is 12.5. The average Bonchev–Trinajstić information content (AvgIpc) is 3.44. The minimum absolute atomic E-state index is 0.0489. The molecule has 1 unspecified atom stereocenters. The largest absolute Gasteiger partial charge is 0.460 e. The maximum absolute atomic E-state index is 14.1. The molecule has 41 heavy (non-hydrogen) atoms. The molecule has 2 heterocycles. The number of carbonyl (C=O) groups excluding carboxylic acids is 1. The van der Waals surface area contributed by atoms with Crippen LogP contribution in [0.15, 0.2) is 107 Å². The fourth-order valence-corrected chi connectivity index (χ4v) is 5.70. The predicted molar refractivity (Wildman–Crippen MR) is 151 cm³/mol. The lowest BCUT2D eigenvalue weighted by Gasteiger charge is -2.24. The number of hydrogen-bond donors (Lipinski definition) is 2. The number of fused-ring (bicyclic) bond motifs is 1. The molecule has 0 amide bonds. The van der Waals surface area contributed by atoms with Crippen molar-refractivity contribution in [2.24, 2.45) is 0 Å². The van der Waals surface area contributed by atoms with E-state index in [-0.39, 0.29) is 13.2 Å². The van der Waals surface area contributed by atoms with Gasteiger partial charge in [-0.15, -0.1) is 0 Å². The van der Waals surface area contributed by atoms with Crippen molar-refractivity contribution in [3.05, 3.63) is 124 Å². The number of carbonyl (C=O) groups is 1. The zero-order chi connectivity index (χ0) is 28.8. The van der Waals surface area contributed by atoms with Crippen LogP contribution in [0.3, 0.4) is 0 Å². The van der Waals surface area contributed by atoms with Crippen molar-refractivity contribution in [1.82, 2.24) is 14.6 Å². The normalized spacial score (nSPS) is 18.6. The number of esters is 1. The summed E-state index contributed by atoms with van der Waals surface area (Å²) in [5.41, 5.74) is -0.355. The van der Waals surface area contributed by atoms with Crippen molar-refractivity contribution in [2.45, 2.75) is 31.9 Å². The molecule has 0 fully saturated rings. The number of nitrogens with one attached hydrogen (secondary N) is 2. The van der Waals surface area contributed by atoms with Gasteiger partial charge in [-0.05, 0) is 30.0 Å². The van der Waals surface area contributed by atoms with Gasteiger partial charge >= 0.3 is 19.4 Å². The summed E-state index contributed by atoms with van der Waals surface area (Å²) >= 11 is 0. The van der Waals surface area contributed by atoms with Crippen molar-refractivity contribution in [1.29, 1.82) is 0 Å². The number of aromatic nitrogens is 2. The van der Waals surface area contributed by atoms with E-state index in [2.05, 4.69) is 10.1 Å². The van der Waals surface area contributed by atoms with Crippen LogP contribution in [0.25, 0.3) is 10.8 Å². The molecule has 0 saturated heterocycles. The summed E-state index contributed by atoms with van der Waals surface area (Å²) < 4.78 is 38.2. The third kappa shape index (κ3) is 7.08. The van der Waals surface area contributed by atoms with Crippen molar-refractivity contribution in [3.8, 4) is 5.75 Å². The Morgan fingerprint density at radius 3 is 2.59 bits per heavy atom. The summed E-state index contributed by atoms with van der Waals surface area (Å²) in [7, 11) is -4.19. The second-order valence-corrected chi connectivity index (χ2v) is 11.0. The van der Waals surface area contributed by atoms with E-state index in [1.54, 1.807) is 24.3 Å². The quantitative estimate of drug-likeness (QED) is 0.154. The molecular weight excluding hydrogens is 549 g/mol. The van der Waals surface area contributed by atoms with E-state index in [9.17, 15) is 18.9 Å². The summed E-state index contributed by atoms with van der Waals surface area (Å²) in [5, 5.41) is 4.25. The number of aromatic amines is 1. The Kier molecular flexibility index (Phi) is 8.61. The first kappa shape index (κ1) is 28.3. The minimum atomic E-state index is -4.19. The van der Waals surface area contributed by atoms with E-state index >= 15 is 0 Å². The fraction of sp³-hybridized carbons (Fsp3) is 0.207. The molecule has 0 bridgehead atoms. The number of hydrogen-bond acceptors (Lipinski definition) is 8. The van der Waals surface area contributed by atoms with Gasteiger partial charge in [0.15, 0.2) is 6.23 Å². The van der Waals surface area contributed by atoms with Crippen LogP contribution in [0, 0.1) is 0 Å². The molecule has 5 rings (SSSR count). The molecule has 11 nitrogen and oxygen atoms in total. The molecule has 0 spiro atoms. The molecule has 4 atom stereocenters. The smallest absolute Gasteiger partial charge is 0.459 e. The predicted octanol–water partition coefficient (Wildman–Crippen LogP) is 4.07. The lowest BCUT2D eigenvalue weighted by atomic mass is 10.1. The zero-order valence-electron chi connectivity index (χ0n) is 22.0. The molecule has 12 heteroatoms. The monoisotopic (exact) mass is 577 g/mol. The summed E-state index contributed by atoms with van der Waals surface area (Å²) in [5.74, 6) is -0.349. The Morgan fingerprint density at radius 2 is 1.78 bits per heavy atom. The van der Waals surface area contributed by atoms with Crippen molar-refractivity contribution in [2.75, 3.05) is 6.61 Å². The van der Waals surface area contributed by atoms with Gasteiger partial charge in [-0.2, -0.15) is 5.09 Å². The molecule has 3 aromatic carbocycles. The van der Waals surface area contributed by atoms with Gasteiger partial charge in [0.1, 0.15) is 24.5 Å². The van der Waals surface area contributed by atoms with E-state index in [1.165, 1.54) is 23.8 Å². The molecule has 2 N–H and O–H groups in total. The summed E-state index contributed by atoms with van der Waals surface area (Å²) in [6, 6.07) is 22.1. The fourth-order valence-electron chi connectivity index (χ4n) is 4.18. The van der Waals surface area contributed by atoms with Gasteiger partial charge in [0.05, 0.1) is 6.61 Å². The first-order valence-electron chi connectivity index (χ1n) is 12.9. The molecule has 1 aliphatic rings. The molecule has 0 saturated carbocycles. The topological polar surface area (TPSA) is 138 Å². The molecular formula is C29H28N3O8P. The molecule has 212 valence electrons. The Balaban J connectivity index is 1.30. The first-order chi connectivity index (χ1) is 19.8. The van der Waals surface area contributed by atoms with E-state index in [4.69, 9.17) is 18.5 Å². The first-order valence-corrected chi connectivity index (χ1v) is 14.4. The number of rotatable bonds is 11. The van der Waals surface area contributed by atoms with E-state index in [1.807, 2.05) is 60.7 Å². The minimum Gasteiger partial charge on any atom is -0.460 e. The summed E-state index contributed by atoms with van der Waals surface area (Å²) in [4.78, 5) is 38.5. The number of H-pyrrole nitrogens is 1. The van der Waals surface area contributed by atoms with Gasteiger partial charge in [-0.1, -0.05) is 72.8 Å². The number of nitrogens with zero attached hydrogens (tertiary/aromatic N) is 1. The van der Waals surface area contributed by atoms with E-state index in [0.29, 0.717) is 11.1 Å². The molecule has 1 aromatic heterocycles. The van der Waals surface area contributed by atoms with E-state index in [0.717, 1.165) is 10.9 Å². The number of ether oxygens (including phenoxy) is 2. The Bertz CT molecular complexity index is 1710. The second-order valence-electron chi connectivity index (χ2n) is 9.27. The summed E-state index contributed by atoms with van der Waals surface area (Å²) in [6.07, 6.45) is 3.07. The Labute approximate surface area is 234 Å². The average molecular weight is 578 g/mol. The van der Waals surface area contributed by atoms with Crippen molar-refractivity contribution in [3.63, 3.8) is 0 Å². The lowest BCUT2D eigenvalue weighted by Crippen LogP contribution is -2.35. The SMILES string of the molecule is C[C@H](NP(=O)(OC[C@@H]1C=C[C@H](n2ccc(=O)[nH]c2=O)O1)Oc1cccc2ccccc12)C(=O)OCc1ccccc1. The highest BCUT2D eigenvalue weighted by Crippen LogP contribution is 2.47. The van der Waals surface area contributed by atoms with Crippen molar-refractivity contribution >= 4 is 24.5 Å². The van der Waals surface area contributed by atoms with Crippen LogP contribution in [0.4, 0.5) is 0 Å². The Hall–Kier alpha value is -4.28. The third-order valence-electron chi connectivity index (χ3n) is 6.24. The van der Waals surface area contributed by atoms with Crippen LogP contribution in [0.2, 0.25) is 0 Å². The van der Waals surface area contributed by atoms with Gasteiger partial charge in [-0.3, -0.25) is 23.7 Å². The van der Waals surface area contributed by atoms with Gasteiger partial charge in [0.25, 0.3) is 5.56 Å². The van der Waals surface area contributed by atoms with Crippen LogP contribution < -0.4 is 20.9 Å². The molecule has 1 aliphatic heterocycles. The lowest BCUT2D eigenvalue weighted by molar-refractivity contribution is -0.146. The summed E-state index contributed by atoms with van der Waals surface area (Å²) in [6.45, 7) is 1.32. The van der Waals surface area contributed by atoms with E-state index < -0.39 is 43.3 Å². The van der Waals surface area contributed by atoms with Gasteiger partial charge < -0.3 is 14.0 Å². The number of benzene rings is 3.